The molecule has 10 rings (SSSR count). The number of para-hydroxylation sites is 1. The lowest BCUT2D eigenvalue weighted by atomic mass is 9.86. The van der Waals surface area contributed by atoms with Crippen LogP contribution in [0.1, 0.15) is 42.7 Å². The molecule has 3 heterocycles. The van der Waals surface area contributed by atoms with Crippen molar-refractivity contribution in [2.45, 2.75) is 39.5 Å². The molecule has 6 aromatic carbocycles. The van der Waals surface area contributed by atoms with Crippen LogP contribution in [0.25, 0.3) is 87.5 Å². The molecule has 0 saturated heterocycles. The van der Waals surface area contributed by atoms with Crippen LogP contribution in [0.2, 0.25) is 0 Å². The zero-order valence-corrected chi connectivity index (χ0v) is 30.2. The summed E-state index contributed by atoms with van der Waals surface area (Å²) in [5.41, 5.74) is 14.9. The van der Waals surface area contributed by atoms with Crippen molar-refractivity contribution in [3.8, 4) is 39.5 Å². The first kappa shape index (κ1) is 30.9. The van der Waals surface area contributed by atoms with E-state index in [4.69, 9.17) is 9.97 Å². The number of fused-ring (bicyclic) bond motifs is 8. The molecular weight excluding hydrogens is 651 g/mol. The SMILES string of the molecule is CCc1ccccc1-c1c(CC)c2c3c(n(-c4ccc(-c5nc(-c6ccccc6)c6ccccc6n5)cc4)c2c2sc4ccccc4c12)CCC=C3. The highest BCUT2D eigenvalue weighted by Gasteiger charge is 2.28. The Bertz CT molecular complexity index is 2860. The molecule has 3 nitrogen and oxygen atoms in total. The van der Waals surface area contributed by atoms with Gasteiger partial charge in [-0.3, -0.25) is 0 Å². The van der Waals surface area contributed by atoms with Crippen LogP contribution >= 0.6 is 11.3 Å². The lowest BCUT2D eigenvalue weighted by Gasteiger charge is -2.18. The molecule has 0 fully saturated rings. The monoisotopic (exact) mass is 687 g/mol. The smallest absolute Gasteiger partial charge is 0.160 e. The summed E-state index contributed by atoms with van der Waals surface area (Å²) in [4.78, 5) is 10.2. The molecule has 9 aromatic rings. The highest BCUT2D eigenvalue weighted by Crippen LogP contribution is 2.51. The zero-order chi connectivity index (χ0) is 34.8. The number of rotatable bonds is 6. The maximum absolute atomic E-state index is 5.17. The lowest BCUT2D eigenvalue weighted by molar-refractivity contribution is 0.890. The van der Waals surface area contributed by atoms with E-state index in [9.17, 15) is 0 Å². The molecule has 0 amide bonds. The zero-order valence-electron chi connectivity index (χ0n) is 29.4. The van der Waals surface area contributed by atoms with Crippen LogP contribution in [-0.4, -0.2) is 14.5 Å². The van der Waals surface area contributed by atoms with E-state index in [2.05, 4.69) is 152 Å². The van der Waals surface area contributed by atoms with E-state index in [-0.39, 0.29) is 0 Å². The average Bonchev–Trinajstić information content (AvgIpc) is 3.77. The largest absolute Gasteiger partial charge is 0.312 e. The van der Waals surface area contributed by atoms with Crippen molar-refractivity contribution in [2.24, 2.45) is 0 Å². The minimum atomic E-state index is 0.742. The summed E-state index contributed by atoms with van der Waals surface area (Å²) in [6.07, 6.45) is 8.76. The van der Waals surface area contributed by atoms with Crippen molar-refractivity contribution in [2.75, 3.05) is 0 Å². The normalized spacial score (nSPS) is 12.7. The van der Waals surface area contributed by atoms with Gasteiger partial charge in [0.25, 0.3) is 0 Å². The first-order valence-electron chi connectivity index (χ1n) is 18.4. The van der Waals surface area contributed by atoms with Gasteiger partial charge in [0.2, 0.25) is 0 Å². The van der Waals surface area contributed by atoms with Gasteiger partial charge in [0.1, 0.15) is 0 Å². The van der Waals surface area contributed by atoms with Crippen LogP contribution in [0.15, 0.2) is 133 Å². The van der Waals surface area contributed by atoms with Crippen LogP contribution in [0.5, 0.6) is 0 Å². The molecule has 250 valence electrons. The molecule has 1 aliphatic rings. The Morgan fingerprint density at radius 3 is 2.25 bits per heavy atom. The maximum atomic E-state index is 5.17. The van der Waals surface area contributed by atoms with Gasteiger partial charge in [-0.15, -0.1) is 11.3 Å². The van der Waals surface area contributed by atoms with Crippen LogP contribution in [0, 0.1) is 0 Å². The molecule has 4 heteroatoms. The second kappa shape index (κ2) is 12.4. The second-order valence-electron chi connectivity index (χ2n) is 13.7. The van der Waals surface area contributed by atoms with Gasteiger partial charge in [-0.25, -0.2) is 9.97 Å². The number of aromatic nitrogens is 3. The molecule has 0 unspecified atom stereocenters. The number of hydrogen-bond acceptors (Lipinski definition) is 3. The molecule has 0 saturated carbocycles. The summed E-state index contributed by atoms with van der Waals surface area (Å²) >= 11 is 1.94. The molecule has 3 aromatic heterocycles. The summed E-state index contributed by atoms with van der Waals surface area (Å²) in [7, 11) is 0. The van der Waals surface area contributed by atoms with Gasteiger partial charge in [-0.1, -0.05) is 117 Å². The topological polar surface area (TPSA) is 30.7 Å². The van der Waals surface area contributed by atoms with Gasteiger partial charge in [-0.2, -0.15) is 0 Å². The summed E-state index contributed by atoms with van der Waals surface area (Å²) in [6, 6.07) is 45.8. The van der Waals surface area contributed by atoms with E-state index in [1.54, 1.807) is 0 Å². The van der Waals surface area contributed by atoms with Crippen LogP contribution in [-0.2, 0) is 19.3 Å². The quantitative estimate of drug-likeness (QED) is 0.174. The second-order valence-corrected chi connectivity index (χ2v) is 14.8. The number of aryl methyl sites for hydroxylation is 2. The predicted octanol–water partition coefficient (Wildman–Crippen LogP) is 13.0. The molecule has 0 N–H and O–H groups in total. The molecular formula is C48H37N3S. The minimum Gasteiger partial charge on any atom is -0.312 e. The Labute approximate surface area is 307 Å². The minimum absolute atomic E-state index is 0.742. The number of nitrogens with zero attached hydrogens (tertiary/aromatic N) is 3. The van der Waals surface area contributed by atoms with Gasteiger partial charge in [0, 0.05) is 54.3 Å². The fraction of sp³-hybridized carbons (Fsp3) is 0.125. The Morgan fingerprint density at radius 1 is 0.673 bits per heavy atom. The van der Waals surface area contributed by atoms with E-state index in [1.165, 1.54) is 70.3 Å². The Balaban J connectivity index is 1.24. The van der Waals surface area contributed by atoms with Gasteiger partial charge >= 0.3 is 0 Å². The van der Waals surface area contributed by atoms with Crippen molar-refractivity contribution < 1.29 is 0 Å². The number of thiophene rings is 1. The van der Waals surface area contributed by atoms with Crippen LogP contribution < -0.4 is 0 Å². The molecule has 0 bridgehead atoms. The van der Waals surface area contributed by atoms with E-state index in [0.717, 1.165) is 59.2 Å². The Hall–Kier alpha value is -5.84. The maximum Gasteiger partial charge on any atom is 0.160 e. The fourth-order valence-corrected chi connectivity index (χ4v) is 9.78. The van der Waals surface area contributed by atoms with Crippen molar-refractivity contribution in [1.29, 1.82) is 0 Å². The van der Waals surface area contributed by atoms with Gasteiger partial charge < -0.3 is 4.57 Å². The standard InChI is InChI=1S/C48H37N3S/c1-3-30-16-8-9-19-35(30)42-34(4-2)43-37-21-11-14-24-40(37)51(46(43)47-44(42)38-22-12-15-25-41(38)52-47)33-28-26-32(27-29-33)48-49-39-23-13-10-20-36(39)45(50-48)31-17-6-5-7-18-31/h5-13,15-23,25-29H,3-4,14,24H2,1-2H3. The summed E-state index contributed by atoms with van der Waals surface area (Å²) in [5.74, 6) is 0.742. The summed E-state index contributed by atoms with van der Waals surface area (Å²) in [6.45, 7) is 4.62. The van der Waals surface area contributed by atoms with E-state index in [1.807, 2.05) is 17.4 Å². The highest BCUT2D eigenvalue weighted by molar-refractivity contribution is 7.26. The Kier molecular flexibility index (Phi) is 7.40. The molecule has 0 atom stereocenters. The molecule has 0 spiro atoms. The first-order valence-corrected chi connectivity index (χ1v) is 19.3. The third-order valence-electron chi connectivity index (χ3n) is 10.9. The van der Waals surface area contributed by atoms with Gasteiger partial charge in [0.05, 0.1) is 21.4 Å². The van der Waals surface area contributed by atoms with Crippen LogP contribution in [0.4, 0.5) is 0 Å². The molecule has 0 radical (unpaired) electrons. The highest BCUT2D eigenvalue weighted by atomic mass is 32.1. The molecule has 0 aliphatic heterocycles. The van der Waals surface area contributed by atoms with Crippen molar-refractivity contribution in [1.82, 2.24) is 14.5 Å². The van der Waals surface area contributed by atoms with Gasteiger partial charge in [-0.05, 0) is 84.3 Å². The summed E-state index contributed by atoms with van der Waals surface area (Å²) < 4.78 is 5.29. The van der Waals surface area contributed by atoms with E-state index in [0.29, 0.717) is 0 Å². The number of benzene rings is 6. The third-order valence-corrected chi connectivity index (χ3v) is 12.0. The van der Waals surface area contributed by atoms with Crippen LogP contribution in [0.3, 0.4) is 0 Å². The molecule has 1 aliphatic carbocycles. The van der Waals surface area contributed by atoms with Crippen molar-refractivity contribution in [3.05, 3.63) is 156 Å². The van der Waals surface area contributed by atoms with E-state index >= 15 is 0 Å². The van der Waals surface area contributed by atoms with Gasteiger partial charge in [0.15, 0.2) is 5.82 Å². The predicted molar refractivity (Wildman–Crippen MR) is 222 cm³/mol. The average molecular weight is 688 g/mol. The number of hydrogen-bond donors (Lipinski definition) is 0. The lowest BCUT2D eigenvalue weighted by Crippen LogP contribution is -2.03. The first-order chi connectivity index (χ1) is 25.7. The Morgan fingerprint density at radius 2 is 1.42 bits per heavy atom. The third kappa shape index (κ3) is 4.71. The molecule has 52 heavy (non-hydrogen) atoms. The van der Waals surface area contributed by atoms with E-state index < -0.39 is 0 Å². The number of allylic oxidation sites excluding steroid dienone is 1. The summed E-state index contributed by atoms with van der Waals surface area (Å²) in [5, 5.41) is 5.20. The van der Waals surface area contributed by atoms with Crippen molar-refractivity contribution in [3.63, 3.8) is 0 Å². The fourth-order valence-electron chi connectivity index (χ4n) is 8.53. The van der Waals surface area contributed by atoms with Crippen molar-refractivity contribution >= 4 is 59.4 Å².